The van der Waals surface area contributed by atoms with Gasteiger partial charge in [-0.15, -0.1) is 0 Å². The van der Waals surface area contributed by atoms with Crippen LogP contribution in [0.2, 0.25) is 0 Å². The van der Waals surface area contributed by atoms with Crippen LogP contribution in [-0.4, -0.2) is 58.4 Å². The molecule has 0 amide bonds. The van der Waals surface area contributed by atoms with Crippen molar-refractivity contribution in [3.8, 4) is 0 Å². The Morgan fingerprint density at radius 2 is 1.00 bits per heavy atom. The molecule has 0 atom stereocenters. The Hall–Kier alpha value is 0.434. The van der Waals surface area contributed by atoms with Gasteiger partial charge in [0.15, 0.2) is 0 Å². The Bertz CT molecular complexity index is 38.7. The molecule has 0 radical (unpaired) electrons. The molecule has 0 rings (SSSR count). The molecule has 0 aliphatic heterocycles. The summed E-state index contributed by atoms with van der Waals surface area (Å²) < 4.78 is 0. The maximum Gasteiger partial charge on any atom is 0.0555 e. The van der Waals surface area contributed by atoms with E-state index in [-0.39, 0.29) is 56.8 Å². The van der Waals surface area contributed by atoms with E-state index in [1.165, 1.54) is 0 Å². The number of hydrogen-bond acceptors (Lipinski definition) is 3. The summed E-state index contributed by atoms with van der Waals surface area (Å²) in [5, 5.41) is 19.1. The first-order valence-electron chi connectivity index (χ1n) is 2.34. The molecule has 7 nitrogen and oxygen atoms in total. The van der Waals surface area contributed by atoms with Gasteiger partial charge in [-0.05, 0) is 0 Å². The minimum absolute atomic E-state index is 0. The minimum atomic E-state index is 0. The van der Waals surface area contributed by atoms with Crippen LogP contribution in [0.3, 0.4) is 0 Å². The zero-order valence-electron chi connectivity index (χ0n) is 6.72. The number of rotatable bonds is 4. The number of aliphatic hydroxyl groups is 2. The largest absolute Gasteiger partial charge is 0.412 e. The molecule has 0 aliphatic carbocycles. The molecule has 8 heteroatoms. The van der Waals surface area contributed by atoms with Crippen LogP contribution in [0.25, 0.3) is 0 Å². The maximum atomic E-state index is 8.15. The fourth-order valence-electron chi connectivity index (χ4n) is 0.283. The molecule has 80 valence electrons. The third kappa shape index (κ3) is 47.2. The Morgan fingerprint density at radius 1 is 0.750 bits per heavy atom. The second kappa shape index (κ2) is 42.2. The third-order valence-electron chi connectivity index (χ3n) is 0.577. The first kappa shape index (κ1) is 39.3. The van der Waals surface area contributed by atoms with Crippen LogP contribution in [0.15, 0.2) is 0 Å². The van der Waals surface area contributed by atoms with E-state index in [0.29, 0.717) is 13.1 Å². The standard InChI is InChI=1S/C4H11NO2.4H2O.Ti/c6-3-1-5-2-4-7;;;;;/h5-7H,1-4H2;4*1H2;. The van der Waals surface area contributed by atoms with Crippen molar-refractivity contribution in [3.05, 3.63) is 0 Å². The minimum Gasteiger partial charge on any atom is -0.412 e. The van der Waals surface area contributed by atoms with Gasteiger partial charge in [-0.3, -0.25) is 0 Å². The van der Waals surface area contributed by atoms with E-state index in [9.17, 15) is 0 Å². The Labute approximate surface area is 85.9 Å². The van der Waals surface area contributed by atoms with Gasteiger partial charge in [-0.1, -0.05) is 0 Å². The van der Waals surface area contributed by atoms with Gasteiger partial charge in [0.25, 0.3) is 0 Å². The summed E-state index contributed by atoms with van der Waals surface area (Å²) in [4.78, 5) is 0. The summed E-state index contributed by atoms with van der Waals surface area (Å²) in [5.41, 5.74) is 0. The van der Waals surface area contributed by atoms with Gasteiger partial charge < -0.3 is 37.4 Å². The van der Waals surface area contributed by atoms with Crippen molar-refractivity contribution in [2.75, 3.05) is 26.3 Å². The zero-order valence-corrected chi connectivity index (χ0v) is 8.28. The van der Waals surface area contributed by atoms with Gasteiger partial charge in [0.05, 0.1) is 13.2 Å². The quantitative estimate of drug-likeness (QED) is 0.321. The zero-order chi connectivity index (χ0) is 5.54. The molecule has 0 aromatic rings. The van der Waals surface area contributed by atoms with E-state index in [1.54, 1.807) is 0 Å². The number of aliphatic hydroxyl groups excluding tert-OH is 2. The molecular formula is C4H19NO6Ti. The predicted octanol–water partition coefficient (Wildman–Crippen LogP) is -4.74. The van der Waals surface area contributed by atoms with Crippen molar-refractivity contribution in [1.82, 2.24) is 5.32 Å². The van der Waals surface area contributed by atoms with Crippen LogP contribution in [-0.2, 0) is 21.7 Å². The Kier molecular flexibility index (Phi) is 138. The molecule has 0 saturated heterocycles. The Balaban J connectivity index is -0.0000000180. The van der Waals surface area contributed by atoms with E-state index < -0.39 is 0 Å². The summed E-state index contributed by atoms with van der Waals surface area (Å²) in [6.07, 6.45) is 0. The average Bonchev–Trinajstić information content (AvgIpc) is 1.69. The molecule has 0 heterocycles. The third-order valence-corrected chi connectivity index (χ3v) is 0.577. The van der Waals surface area contributed by atoms with Crippen LogP contribution in [0, 0.1) is 0 Å². The van der Waals surface area contributed by atoms with Crippen LogP contribution in [0.4, 0.5) is 0 Å². The van der Waals surface area contributed by atoms with Crippen molar-refractivity contribution in [2.24, 2.45) is 0 Å². The fraction of sp³-hybridized carbons (Fsp3) is 1.00. The predicted molar refractivity (Wildman–Crippen MR) is 41.5 cm³/mol. The summed E-state index contributed by atoms with van der Waals surface area (Å²) in [6.45, 7) is 1.42. The van der Waals surface area contributed by atoms with E-state index in [0.717, 1.165) is 0 Å². The van der Waals surface area contributed by atoms with Gasteiger partial charge in [-0.25, -0.2) is 0 Å². The topological polar surface area (TPSA) is 178 Å². The summed E-state index contributed by atoms with van der Waals surface area (Å²) in [5.74, 6) is 0. The molecule has 12 heavy (non-hydrogen) atoms. The fourth-order valence-corrected chi connectivity index (χ4v) is 0.283. The van der Waals surface area contributed by atoms with Crippen molar-refractivity contribution in [1.29, 1.82) is 0 Å². The van der Waals surface area contributed by atoms with Crippen molar-refractivity contribution in [3.63, 3.8) is 0 Å². The summed E-state index contributed by atoms with van der Waals surface area (Å²) >= 11 is 0. The molecule has 0 aromatic carbocycles. The van der Waals surface area contributed by atoms with Crippen molar-refractivity contribution < 1.29 is 53.8 Å². The molecule has 0 unspecified atom stereocenters. The number of nitrogens with one attached hydrogen (secondary N) is 1. The second-order valence-corrected chi connectivity index (χ2v) is 1.20. The molecule has 0 fully saturated rings. The molecule has 0 aliphatic rings. The monoisotopic (exact) mass is 225 g/mol. The van der Waals surface area contributed by atoms with Gasteiger partial charge in [0.2, 0.25) is 0 Å². The van der Waals surface area contributed by atoms with E-state index in [2.05, 4.69) is 5.32 Å². The summed E-state index contributed by atoms with van der Waals surface area (Å²) in [7, 11) is 0. The van der Waals surface area contributed by atoms with E-state index in [4.69, 9.17) is 10.2 Å². The van der Waals surface area contributed by atoms with E-state index in [1.807, 2.05) is 0 Å². The van der Waals surface area contributed by atoms with Gasteiger partial charge in [0, 0.05) is 34.8 Å². The van der Waals surface area contributed by atoms with Gasteiger partial charge in [0.1, 0.15) is 0 Å². The maximum absolute atomic E-state index is 8.15. The summed E-state index contributed by atoms with van der Waals surface area (Å²) in [6, 6.07) is 0. The average molecular weight is 225 g/mol. The van der Waals surface area contributed by atoms with E-state index >= 15 is 0 Å². The van der Waals surface area contributed by atoms with Crippen LogP contribution in [0.5, 0.6) is 0 Å². The molecular weight excluding hydrogens is 206 g/mol. The van der Waals surface area contributed by atoms with Crippen LogP contribution in [0.1, 0.15) is 0 Å². The number of hydrogen-bond donors (Lipinski definition) is 3. The SMILES string of the molecule is O.O.O.O.OCCNCCO.[Ti]. The van der Waals surface area contributed by atoms with Gasteiger partial charge in [-0.2, -0.15) is 0 Å². The smallest absolute Gasteiger partial charge is 0.0555 e. The first-order chi connectivity index (χ1) is 3.41. The molecule has 0 bridgehead atoms. The molecule has 0 spiro atoms. The van der Waals surface area contributed by atoms with Crippen molar-refractivity contribution >= 4 is 0 Å². The van der Waals surface area contributed by atoms with Crippen LogP contribution < -0.4 is 5.32 Å². The molecule has 0 aromatic heterocycles. The van der Waals surface area contributed by atoms with Gasteiger partial charge >= 0.3 is 0 Å². The molecule has 0 saturated carbocycles. The normalized spacial score (nSPS) is 5.50. The second-order valence-electron chi connectivity index (χ2n) is 1.20. The molecule has 11 N–H and O–H groups in total. The van der Waals surface area contributed by atoms with Crippen molar-refractivity contribution in [2.45, 2.75) is 0 Å². The Morgan fingerprint density at radius 3 is 1.17 bits per heavy atom. The first-order valence-corrected chi connectivity index (χ1v) is 2.34. The van der Waals surface area contributed by atoms with Crippen LogP contribution >= 0.6 is 0 Å².